The monoisotopic (exact) mass is 420 g/mol. The number of hydrogen-bond donors (Lipinski definition) is 0. The maximum absolute atomic E-state index is 12.0. The summed E-state index contributed by atoms with van der Waals surface area (Å²) in [5.41, 5.74) is 3.84. The predicted molar refractivity (Wildman–Crippen MR) is 121 cm³/mol. The summed E-state index contributed by atoms with van der Waals surface area (Å²) in [5.74, 6) is 0.690. The first-order valence-electron chi connectivity index (χ1n) is 10.7. The molecule has 2 atom stereocenters. The fourth-order valence-corrected chi connectivity index (χ4v) is 5.10. The Balaban J connectivity index is 1.54. The molecule has 3 aromatic rings. The van der Waals surface area contributed by atoms with Crippen LogP contribution in [0.1, 0.15) is 65.7 Å². The molecule has 156 valence electrons. The predicted octanol–water partition coefficient (Wildman–Crippen LogP) is 6.68. The number of carbonyl (C=O) groups is 1. The lowest BCUT2D eigenvalue weighted by atomic mass is 9.91. The molecule has 0 aliphatic heterocycles. The largest absolute Gasteiger partial charge is 0.486 e. The van der Waals surface area contributed by atoms with E-state index < -0.39 is 0 Å². The van der Waals surface area contributed by atoms with Gasteiger partial charge < -0.3 is 9.47 Å². The van der Waals surface area contributed by atoms with Gasteiger partial charge in [-0.25, -0.2) is 0 Å². The molecule has 1 aliphatic rings. The molecular formula is C26H28O3S. The van der Waals surface area contributed by atoms with E-state index in [4.69, 9.17) is 9.47 Å². The molecule has 0 N–H and O–H groups in total. The number of benzene rings is 2. The summed E-state index contributed by atoms with van der Waals surface area (Å²) in [4.78, 5) is 13.1. The molecule has 0 saturated heterocycles. The van der Waals surface area contributed by atoms with Crippen LogP contribution in [0, 0.1) is 0 Å². The minimum Gasteiger partial charge on any atom is -0.486 e. The molecular weight excluding hydrogens is 392 g/mol. The normalized spacial score (nSPS) is 17.3. The summed E-state index contributed by atoms with van der Waals surface area (Å²) in [6.07, 6.45) is 6.30. The second-order valence-corrected chi connectivity index (χ2v) is 8.80. The van der Waals surface area contributed by atoms with Gasteiger partial charge in [-0.15, -0.1) is 11.3 Å². The van der Waals surface area contributed by atoms with E-state index in [0.29, 0.717) is 6.42 Å². The van der Waals surface area contributed by atoms with Gasteiger partial charge in [0.15, 0.2) is 0 Å². The third kappa shape index (κ3) is 4.93. The highest BCUT2D eigenvalue weighted by Gasteiger charge is 2.21. The first kappa shape index (κ1) is 20.7. The Labute approximate surface area is 182 Å². The van der Waals surface area contributed by atoms with Gasteiger partial charge in [-0.1, -0.05) is 48.9 Å². The molecule has 4 rings (SSSR count). The molecule has 2 unspecified atom stereocenters. The van der Waals surface area contributed by atoms with Crippen molar-refractivity contribution in [3.05, 3.63) is 87.6 Å². The number of esters is 1. The summed E-state index contributed by atoms with van der Waals surface area (Å²) in [5, 5.41) is 2.04. The maximum atomic E-state index is 12.0. The number of rotatable bonds is 6. The summed E-state index contributed by atoms with van der Waals surface area (Å²) < 4.78 is 11.4. The van der Waals surface area contributed by atoms with Gasteiger partial charge in [0.05, 0.1) is 13.5 Å². The quantitative estimate of drug-likeness (QED) is 0.417. The van der Waals surface area contributed by atoms with E-state index in [0.717, 1.165) is 24.2 Å². The number of aryl methyl sites for hydroxylation is 1. The van der Waals surface area contributed by atoms with Crippen LogP contribution in [0.5, 0.6) is 5.75 Å². The lowest BCUT2D eigenvalue weighted by Crippen LogP contribution is -2.13. The second kappa shape index (κ2) is 9.94. The maximum Gasteiger partial charge on any atom is 0.306 e. The van der Waals surface area contributed by atoms with Crippen LogP contribution in [0.4, 0.5) is 0 Å². The van der Waals surface area contributed by atoms with Crippen molar-refractivity contribution >= 4 is 17.3 Å². The van der Waals surface area contributed by atoms with Crippen LogP contribution in [0.3, 0.4) is 0 Å². The third-order valence-electron chi connectivity index (χ3n) is 5.86. The standard InChI is InChI=1S/C26H28O3S/c1-28-26(27)18-23(25-12-7-17-30-25)20-13-15-21(16-14-20)29-24-11-4-2-3-8-19-9-5-6-10-22(19)24/h5-7,9-10,12-17,23-24H,2-4,8,11,18H2,1H3. The number of hydrogen-bond acceptors (Lipinski definition) is 4. The molecule has 0 amide bonds. The van der Waals surface area contributed by atoms with Crippen LogP contribution >= 0.6 is 11.3 Å². The molecule has 0 radical (unpaired) electrons. The smallest absolute Gasteiger partial charge is 0.306 e. The van der Waals surface area contributed by atoms with E-state index in [-0.39, 0.29) is 18.0 Å². The van der Waals surface area contributed by atoms with E-state index in [1.807, 2.05) is 23.6 Å². The van der Waals surface area contributed by atoms with Gasteiger partial charge in [0.25, 0.3) is 0 Å². The molecule has 30 heavy (non-hydrogen) atoms. The highest BCUT2D eigenvalue weighted by molar-refractivity contribution is 7.10. The van der Waals surface area contributed by atoms with E-state index >= 15 is 0 Å². The van der Waals surface area contributed by atoms with E-state index in [2.05, 4.69) is 42.5 Å². The molecule has 2 aromatic carbocycles. The fourth-order valence-electron chi connectivity index (χ4n) is 4.24. The van der Waals surface area contributed by atoms with Crippen LogP contribution < -0.4 is 4.74 Å². The van der Waals surface area contributed by atoms with E-state index in [9.17, 15) is 4.79 Å². The van der Waals surface area contributed by atoms with Crippen molar-refractivity contribution in [3.8, 4) is 5.75 Å². The van der Waals surface area contributed by atoms with Crippen molar-refractivity contribution in [3.63, 3.8) is 0 Å². The lowest BCUT2D eigenvalue weighted by Gasteiger charge is -2.24. The topological polar surface area (TPSA) is 35.5 Å². The van der Waals surface area contributed by atoms with Gasteiger partial charge in [0.1, 0.15) is 11.9 Å². The minimum absolute atomic E-state index is 0.00798. The average Bonchev–Trinajstić information content (AvgIpc) is 3.30. The molecule has 1 aromatic heterocycles. The number of thiophene rings is 1. The van der Waals surface area contributed by atoms with Crippen molar-refractivity contribution in [1.29, 1.82) is 0 Å². The third-order valence-corrected chi connectivity index (χ3v) is 6.85. The highest BCUT2D eigenvalue weighted by atomic mass is 32.1. The van der Waals surface area contributed by atoms with Crippen molar-refractivity contribution < 1.29 is 14.3 Å². The Morgan fingerprint density at radius 2 is 1.87 bits per heavy atom. The van der Waals surface area contributed by atoms with Gasteiger partial charge >= 0.3 is 5.97 Å². The van der Waals surface area contributed by atoms with E-state index in [1.54, 1.807) is 11.3 Å². The summed E-state index contributed by atoms with van der Waals surface area (Å²) in [7, 11) is 1.44. The van der Waals surface area contributed by atoms with Crippen LogP contribution in [0.15, 0.2) is 66.0 Å². The lowest BCUT2D eigenvalue weighted by molar-refractivity contribution is -0.140. The highest BCUT2D eigenvalue weighted by Crippen LogP contribution is 2.35. The zero-order chi connectivity index (χ0) is 20.8. The first-order valence-corrected chi connectivity index (χ1v) is 11.6. The Morgan fingerprint density at radius 1 is 1.03 bits per heavy atom. The van der Waals surface area contributed by atoms with Crippen molar-refractivity contribution in [2.75, 3.05) is 7.11 Å². The van der Waals surface area contributed by atoms with Gasteiger partial charge in [-0.05, 0) is 66.0 Å². The number of carbonyl (C=O) groups excluding carboxylic acids is 1. The number of fused-ring (bicyclic) bond motifs is 1. The van der Waals surface area contributed by atoms with E-state index in [1.165, 1.54) is 42.4 Å². The molecule has 4 heteroatoms. The Hall–Kier alpha value is -2.59. The molecule has 0 fully saturated rings. The Kier molecular flexibility index (Phi) is 6.85. The van der Waals surface area contributed by atoms with Gasteiger partial charge in [-0.2, -0.15) is 0 Å². The molecule has 0 saturated carbocycles. The van der Waals surface area contributed by atoms with Crippen LogP contribution in [-0.4, -0.2) is 13.1 Å². The number of methoxy groups -OCH3 is 1. The van der Waals surface area contributed by atoms with Crippen LogP contribution in [-0.2, 0) is 16.0 Å². The molecule has 1 heterocycles. The SMILES string of the molecule is COC(=O)CC(c1ccc(OC2CCCCCc3ccccc32)cc1)c1cccs1. The Morgan fingerprint density at radius 3 is 2.63 bits per heavy atom. The average molecular weight is 421 g/mol. The zero-order valence-corrected chi connectivity index (χ0v) is 18.2. The Bertz CT molecular complexity index is 947. The fraction of sp³-hybridized carbons (Fsp3) is 0.346. The number of ether oxygens (including phenoxy) is 2. The first-order chi connectivity index (χ1) is 14.7. The molecule has 0 spiro atoms. The zero-order valence-electron chi connectivity index (χ0n) is 17.4. The molecule has 0 bridgehead atoms. The van der Waals surface area contributed by atoms with Crippen molar-refractivity contribution in [1.82, 2.24) is 0 Å². The van der Waals surface area contributed by atoms with Crippen LogP contribution in [0.25, 0.3) is 0 Å². The van der Waals surface area contributed by atoms with Gasteiger partial charge in [0, 0.05) is 10.8 Å². The summed E-state index contributed by atoms with van der Waals surface area (Å²) >= 11 is 1.67. The molecule has 1 aliphatic carbocycles. The summed E-state index contributed by atoms with van der Waals surface area (Å²) in [6, 6.07) is 21.0. The van der Waals surface area contributed by atoms with Crippen LogP contribution in [0.2, 0.25) is 0 Å². The molecule has 3 nitrogen and oxygen atoms in total. The second-order valence-electron chi connectivity index (χ2n) is 7.82. The van der Waals surface area contributed by atoms with Gasteiger partial charge in [-0.3, -0.25) is 4.79 Å². The summed E-state index contributed by atoms with van der Waals surface area (Å²) in [6.45, 7) is 0. The van der Waals surface area contributed by atoms with Gasteiger partial charge in [0.2, 0.25) is 0 Å². The minimum atomic E-state index is -0.195. The van der Waals surface area contributed by atoms with Crippen molar-refractivity contribution in [2.45, 2.75) is 50.5 Å². The van der Waals surface area contributed by atoms with Crippen molar-refractivity contribution in [2.24, 2.45) is 0 Å².